The number of carbonyl (C=O) groups excluding carboxylic acids is 2. The van der Waals surface area contributed by atoms with Gasteiger partial charge in [-0.3, -0.25) is 0 Å². The molecule has 1 aliphatic heterocycles. The second-order valence-corrected chi connectivity index (χ2v) is 11.0. The Labute approximate surface area is 226 Å². The number of likely N-dealkylation sites (tertiary alicyclic amines) is 1. The minimum absolute atomic E-state index is 0.155. The Balaban J connectivity index is 1.68. The predicted molar refractivity (Wildman–Crippen MR) is 145 cm³/mol. The van der Waals surface area contributed by atoms with Crippen LogP contribution in [0.2, 0.25) is 5.02 Å². The van der Waals surface area contributed by atoms with E-state index in [4.69, 9.17) is 16.3 Å². The zero-order valence-corrected chi connectivity index (χ0v) is 23.1. The third-order valence-corrected chi connectivity index (χ3v) is 8.12. The topological polar surface area (TPSA) is 100 Å². The second-order valence-electron chi connectivity index (χ2n) is 10.5. The van der Waals surface area contributed by atoms with E-state index in [1.165, 1.54) is 39.2 Å². The van der Waals surface area contributed by atoms with Crippen LogP contribution in [0.25, 0.3) is 0 Å². The molecule has 0 spiro atoms. The van der Waals surface area contributed by atoms with Crippen LogP contribution in [-0.4, -0.2) is 68.6 Å². The number of alkyl carbamates (subject to hydrolysis) is 1. The fourth-order valence-corrected chi connectivity index (χ4v) is 6.10. The molecule has 1 saturated heterocycles. The van der Waals surface area contributed by atoms with Crippen LogP contribution >= 0.6 is 11.6 Å². The number of amides is 2. The number of benzene rings is 1. The minimum atomic E-state index is -1.20. The average Bonchev–Trinajstić information content (AvgIpc) is 2.91. The van der Waals surface area contributed by atoms with Crippen molar-refractivity contribution in [2.45, 2.75) is 75.9 Å². The lowest BCUT2D eigenvalue weighted by Crippen LogP contribution is -2.49. The van der Waals surface area contributed by atoms with Crippen LogP contribution in [0.3, 0.4) is 0 Å². The van der Waals surface area contributed by atoms with Gasteiger partial charge in [-0.1, -0.05) is 55.8 Å². The van der Waals surface area contributed by atoms with E-state index in [0.717, 1.165) is 24.8 Å². The molecule has 2 amide bonds. The molecule has 37 heavy (non-hydrogen) atoms. The number of nitrogens with one attached hydrogen (secondary N) is 2. The third kappa shape index (κ3) is 8.76. The quantitative estimate of drug-likeness (QED) is 0.341. The first-order valence-electron chi connectivity index (χ1n) is 13.8. The Kier molecular flexibility index (Phi) is 11.8. The molecule has 1 heterocycles. The van der Waals surface area contributed by atoms with Crippen molar-refractivity contribution in [3.8, 4) is 0 Å². The van der Waals surface area contributed by atoms with Gasteiger partial charge in [0.2, 0.25) is 0 Å². The highest BCUT2D eigenvalue weighted by Gasteiger charge is 2.42. The maximum Gasteiger partial charge on any atom is 0.410 e. The monoisotopic (exact) mass is 537 g/mol. The number of likely N-dealkylation sites (N-methyl/N-ethyl adjacent to an activating group) is 1. The number of carbonyl (C=O) groups is 2. The molecule has 1 saturated carbocycles. The van der Waals surface area contributed by atoms with Gasteiger partial charge in [0.15, 0.2) is 0 Å². The van der Waals surface area contributed by atoms with Gasteiger partial charge >= 0.3 is 12.2 Å². The number of nitrogens with zero attached hydrogens (tertiary/aromatic N) is 1. The zero-order valence-electron chi connectivity index (χ0n) is 22.3. The summed E-state index contributed by atoms with van der Waals surface area (Å²) >= 11 is 6.28. The van der Waals surface area contributed by atoms with E-state index < -0.39 is 11.7 Å². The summed E-state index contributed by atoms with van der Waals surface area (Å²) < 4.78 is 10.7. The SMILES string of the molecule is CNC[C@H](CC1CCCCC1)OC(=O)N1CCC[C@@H]([C@@](O)(CCCNC(=O)OC)c2cccc(Cl)c2)C1. The smallest absolute Gasteiger partial charge is 0.410 e. The Bertz CT molecular complexity index is 866. The Morgan fingerprint density at radius 3 is 2.70 bits per heavy atom. The van der Waals surface area contributed by atoms with Gasteiger partial charge in [0, 0.05) is 37.1 Å². The fraction of sp³-hybridized carbons (Fsp3) is 0.714. The summed E-state index contributed by atoms with van der Waals surface area (Å²) in [7, 11) is 3.21. The van der Waals surface area contributed by atoms with Gasteiger partial charge in [-0.2, -0.15) is 0 Å². The first-order chi connectivity index (χ1) is 17.9. The molecule has 3 atom stereocenters. The van der Waals surface area contributed by atoms with E-state index in [0.29, 0.717) is 50.0 Å². The van der Waals surface area contributed by atoms with Crippen molar-refractivity contribution < 1.29 is 24.2 Å². The van der Waals surface area contributed by atoms with Crippen LogP contribution in [-0.2, 0) is 15.1 Å². The van der Waals surface area contributed by atoms with Gasteiger partial charge in [-0.25, -0.2) is 9.59 Å². The molecule has 2 aliphatic rings. The summed E-state index contributed by atoms with van der Waals surface area (Å²) in [6, 6.07) is 7.28. The molecule has 3 N–H and O–H groups in total. The van der Waals surface area contributed by atoms with Crippen molar-refractivity contribution in [3.05, 3.63) is 34.9 Å². The second kappa shape index (κ2) is 14.8. The van der Waals surface area contributed by atoms with Crippen LogP contribution in [0.5, 0.6) is 0 Å². The van der Waals surface area contributed by atoms with E-state index in [-0.39, 0.29) is 18.1 Å². The molecular formula is C28H44ClN3O5. The number of piperidine rings is 1. The van der Waals surface area contributed by atoms with Crippen LogP contribution in [0, 0.1) is 11.8 Å². The summed E-state index contributed by atoms with van der Waals surface area (Å²) in [6.45, 7) is 2.03. The number of hydrogen-bond donors (Lipinski definition) is 3. The lowest BCUT2D eigenvalue weighted by Gasteiger charge is -2.43. The van der Waals surface area contributed by atoms with E-state index in [1.807, 2.05) is 19.2 Å². The number of ether oxygens (including phenoxy) is 2. The Morgan fingerprint density at radius 1 is 1.22 bits per heavy atom. The third-order valence-electron chi connectivity index (χ3n) is 7.89. The number of halogens is 1. The van der Waals surface area contributed by atoms with Gasteiger partial charge in [0.1, 0.15) is 6.10 Å². The highest BCUT2D eigenvalue weighted by molar-refractivity contribution is 6.30. The largest absolute Gasteiger partial charge is 0.453 e. The molecule has 0 aromatic heterocycles. The number of methoxy groups -OCH3 is 1. The van der Waals surface area contributed by atoms with Gasteiger partial charge in [0.05, 0.1) is 12.7 Å². The fourth-order valence-electron chi connectivity index (χ4n) is 5.91. The van der Waals surface area contributed by atoms with Crippen molar-refractivity contribution in [2.24, 2.45) is 11.8 Å². The number of aliphatic hydroxyl groups is 1. The van der Waals surface area contributed by atoms with Crippen molar-refractivity contribution in [1.29, 1.82) is 0 Å². The lowest BCUT2D eigenvalue weighted by molar-refractivity contribution is -0.0611. The maximum atomic E-state index is 13.3. The summed E-state index contributed by atoms with van der Waals surface area (Å²) in [6.07, 6.45) is 8.69. The molecule has 9 heteroatoms. The van der Waals surface area contributed by atoms with E-state index in [1.54, 1.807) is 17.0 Å². The standard InChI is InChI=1S/C28H44ClN3O5/c1-30-19-25(17-21-9-4-3-5-10-21)37-27(34)32-16-7-12-23(20-32)28(35,14-8-15-31-26(33)36-2)22-11-6-13-24(29)18-22/h6,11,13,18,21,23,25,30,35H,3-5,7-10,12,14-17,19-20H2,1-2H3,(H,31,33)/t23-,25+,28-/m1/s1. The summed E-state index contributed by atoms with van der Waals surface area (Å²) in [5.41, 5.74) is -0.475. The molecule has 1 aliphatic carbocycles. The lowest BCUT2D eigenvalue weighted by atomic mass is 9.74. The van der Waals surface area contributed by atoms with Gasteiger partial charge < -0.3 is 30.1 Å². The molecule has 0 unspecified atom stereocenters. The molecule has 0 bridgehead atoms. The summed E-state index contributed by atoms with van der Waals surface area (Å²) in [5.74, 6) is 0.423. The minimum Gasteiger partial charge on any atom is -0.453 e. The highest BCUT2D eigenvalue weighted by atomic mass is 35.5. The van der Waals surface area contributed by atoms with Crippen LogP contribution in [0.1, 0.15) is 69.8 Å². The van der Waals surface area contributed by atoms with Crippen LogP contribution in [0.4, 0.5) is 9.59 Å². The van der Waals surface area contributed by atoms with E-state index in [9.17, 15) is 14.7 Å². The zero-order chi connectivity index (χ0) is 26.7. The predicted octanol–water partition coefficient (Wildman–Crippen LogP) is 5.07. The Hall–Kier alpha value is -2.03. The molecule has 3 rings (SSSR count). The highest BCUT2D eigenvalue weighted by Crippen LogP contribution is 2.40. The molecule has 8 nitrogen and oxygen atoms in total. The number of hydrogen-bond acceptors (Lipinski definition) is 6. The van der Waals surface area contributed by atoms with Crippen LogP contribution < -0.4 is 10.6 Å². The molecule has 208 valence electrons. The van der Waals surface area contributed by atoms with Crippen molar-refractivity contribution in [3.63, 3.8) is 0 Å². The van der Waals surface area contributed by atoms with Crippen LogP contribution in [0.15, 0.2) is 24.3 Å². The number of rotatable bonds is 11. The molecule has 1 aromatic carbocycles. The normalized spacial score (nSPS) is 21.1. The van der Waals surface area contributed by atoms with E-state index in [2.05, 4.69) is 15.4 Å². The van der Waals surface area contributed by atoms with Gasteiger partial charge in [-0.15, -0.1) is 0 Å². The maximum absolute atomic E-state index is 13.3. The first kappa shape index (κ1) is 29.5. The summed E-state index contributed by atoms with van der Waals surface area (Å²) in [5, 5.41) is 18.4. The van der Waals surface area contributed by atoms with Crippen molar-refractivity contribution >= 4 is 23.8 Å². The van der Waals surface area contributed by atoms with Crippen molar-refractivity contribution in [1.82, 2.24) is 15.5 Å². The van der Waals surface area contributed by atoms with Crippen molar-refractivity contribution in [2.75, 3.05) is 40.3 Å². The van der Waals surface area contributed by atoms with Gasteiger partial charge in [-0.05, 0) is 62.8 Å². The average molecular weight is 538 g/mol. The molecule has 1 aromatic rings. The van der Waals surface area contributed by atoms with Gasteiger partial charge in [0.25, 0.3) is 0 Å². The molecular weight excluding hydrogens is 494 g/mol. The van der Waals surface area contributed by atoms with E-state index >= 15 is 0 Å². The first-order valence-corrected chi connectivity index (χ1v) is 14.1. The molecule has 2 fully saturated rings. The molecule has 0 radical (unpaired) electrons. The summed E-state index contributed by atoms with van der Waals surface area (Å²) in [4.78, 5) is 26.5. The Morgan fingerprint density at radius 2 is 2.00 bits per heavy atom.